The molecule has 4 aromatic rings. The Balaban J connectivity index is 1.46. The zero-order chi connectivity index (χ0) is 19.8. The molecule has 1 aliphatic rings. The normalized spacial score (nSPS) is 16.5. The van der Waals surface area contributed by atoms with E-state index in [1.807, 2.05) is 60.7 Å². The Labute approximate surface area is 165 Å². The third-order valence-corrected chi connectivity index (χ3v) is 5.02. The third kappa shape index (κ3) is 3.04. The molecule has 1 fully saturated rings. The van der Waals surface area contributed by atoms with E-state index in [2.05, 4.69) is 20.4 Å². The smallest absolute Gasteiger partial charge is 0.263 e. The van der Waals surface area contributed by atoms with Gasteiger partial charge in [0.05, 0.1) is 11.9 Å². The van der Waals surface area contributed by atoms with E-state index in [4.69, 9.17) is 0 Å². The van der Waals surface area contributed by atoms with Crippen molar-refractivity contribution in [1.82, 2.24) is 19.7 Å². The first-order valence-corrected chi connectivity index (χ1v) is 9.37. The van der Waals surface area contributed by atoms with Crippen LogP contribution in [-0.4, -0.2) is 38.2 Å². The SMILES string of the molecule is O=C1C(Nc2nc3c(cnn3-c3ccccc3)c(=O)[nH]2)CCN1c1ccccc1. The monoisotopic (exact) mass is 386 g/mol. The van der Waals surface area contributed by atoms with Crippen LogP contribution in [0.3, 0.4) is 0 Å². The second-order valence-electron chi connectivity index (χ2n) is 6.85. The largest absolute Gasteiger partial charge is 0.344 e. The fourth-order valence-electron chi connectivity index (χ4n) is 3.59. The standard InChI is InChI=1S/C21H18N6O2/c28-19-16-13-22-27(15-9-5-2-6-10-15)18(16)24-21(25-19)23-17-11-12-26(20(17)29)14-7-3-1-4-8-14/h1-10,13,17H,11-12H2,(H2,23,24,25,28). The predicted octanol–water partition coefficient (Wildman–Crippen LogP) is 2.33. The molecule has 1 aliphatic heterocycles. The average molecular weight is 386 g/mol. The van der Waals surface area contributed by atoms with Crippen LogP contribution in [0, 0.1) is 0 Å². The van der Waals surface area contributed by atoms with Gasteiger partial charge in [-0.25, -0.2) is 4.68 Å². The first-order valence-electron chi connectivity index (χ1n) is 9.37. The summed E-state index contributed by atoms with van der Waals surface area (Å²) >= 11 is 0. The number of nitrogens with zero attached hydrogens (tertiary/aromatic N) is 4. The highest BCUT2D eigenvalue weighted by atomic mass is 16.2. The summed E-state index contributed by atoms with van der Waals surface area (Å²) in [7, 11) is 0. The second kappa shape index (κ2) is 6.90. The summed E-state index contributed by atoms with van der Waals surface area (Å²) in [5, 5.41) is 7.78. The number of para-hydroxylation sites is 2. The Morgan fingerprint density at radius 2 is 1.66 bits per heavy atom. The first kappa shape index (κ1) is 17.2. The first-order chi connectivity index (χ1) is 14.2. The minimum Gasteiger partial charge on any atom is -0.344 e. The number of aromatic amines is 1. The van der Waals surface area contributed by atoms with Crippen molar-refractivity contribution in [3.8, 4) is 5.69 Å². The maximum atomic E-state index is 12.8. The number of anilines is 2. The van der Waals surface area contributed by atoms with Crippen molar-refractivity contribution in [3.63, 3.8) is 0 Å². The molecule has 1 amide bonds. The summed E-state index contributed by atoms with van der Waals surface area (Å²) in [6, 6.07) is 18.6. The van der Waals surface area contributed by atoms with E-state index in [1.165, 1.54) is 6.20 Å². The number of hydrogen-bond donors (Lipinski definition) is 2. The average Bonchev–Trinajstić information content (AvgIpc) is 3.34. The molecule has 0 aliphatic carbocycles. The molecule has 0 saturated carbocycles. The van der Waals surface area contributed by atoms with Crippen LogP contribution in [0.5, 0.6) is 0 Å². The number of carbonyl (C=O) groups is 1. The van der Waals surface area contributed by atoms with Crippen molar-refractivity contribution in [3.05, 3.63) is 77.2 Å². The van der Waals surface area contributed by atoms with E-state index < -0.39 is 6.04 Å². The Hall–Kier alpha value is -3.94. The van der Waals surface area contributed by atoms with Gasteiger partial charge in [-0.05, 0) is 30.7 Å². The molecule has 3 heterocycles. The lowest BCUT2D eigenvalue weighted by Crippen LogP contribution is -2.34. The van der Waals surface area contributed by atoms with Crippen LogP contribution in [0.25, 0.3) is 16.7 Å². The molecule has 1 atom stereocenters. The fourth-order valence-corrected chi connectivity index (χ4v) is 3.59. The lowest BCUT2D eigenvalue weighted by molar-refractivity contribution is -0.117. The van der Waals surface area contributed by atoms with Crippen molar-refractivity contribution >= 4 is 28.6 Å². The Bertz CT molecular complexity index is 1230. The molecular formula is C21H18N6O2. The molecule has 2 aromatic carbocycles. The Morgan fingerprint density at radius 3 is 2.38 bits per heavy atom. The number of benzene rings is 2. The van der Waals surface area contributed by atoms with Crippen molar-refractivity contribution in [2.45, 2.75) is 12.5 Å². The molecule has 8 heteroatoms. The van der Waals surface area contributed by atoms with Gasteiger partial charge in [0.15, 0.2) is 5.65 Å². The molecule has 1 unspecified atom stereocenters. The van der Waals surface area contributed by atoms with Crippen LogP contribution in [-0.2, 0) is 4.79 Å². The molecule has 8 nitrogen and oxygen atoms in total. The van der Waals surface area contributed by atoms with Gasteiger partial charge in [0.2, 0.25) is 11.9 Å². The van der Waals surface area contributed by atoms with Gasteiger partial charge in [0.1, 0.15) is 11.4 Å². The summed E-state index contributed by atoms with van der Waals surface area (Å²) in [6.45, 7) is 0.606. The molecule has 144 valence electrons. The van der Waals surface area contributed by atoms with E-state index in [1.54, 1.807) is 9.58 Å². The summed E-state index contributed by atoms with van der Waals surface area (Å²) in [6.07, 6.45) is 2.11. The van der Waals surface area contributed by atoms with Gasteiger partial charge >= 0.3 is 0 Å². The van der Waals surface area contributed by atoms with Crippen molar-refractivity contribution in [2.75, 3.05) is 16.8 Å². The minimum absolute atomic E-state index is 0.0458. The van der Waals surface area contributed by atoms with Crippen molar-refractivity contribution in [2.24, 2.45) is 0 Å². The number of nitrogens with one attached hydrogen (secondary N) is 2. The van der Waals surface area contributed by atoms with Crippen LogP contribution in [0.2, 0.25) is 0 Å². The molecule has 1 saturated heterocycles. The highest BCUT2D eigenvalue weighted by Crippen LogP contribution is 2.23. The van der Waals surface area contributed by atoms with Crippen LogP contribution < -0.4 is 15.8 Å². The molecule has 2 N–H and O–H groups in total. The lowest BCUT2D eigenvalue weighted by Gasteiger charge is -2.17. The number of aromatic nitrogens is 4. The zero-order valence-electron chi connectivity index (χ0n) is 15.4. The van der Waals surface area contributed by atoms with Gasteiger partial charge in [-0.15, -0.1) is 0 Å². The fraction of sp³-hybridized carbons (Fsp3) is 0.143. The number of hydrogen-bond acceptors (Lipinski definition) is 5. The second-order valence-corrected chi connectivity index (χ2v) is 6.85. The Morgan fingerprint density at radius 1 is 0.966 bits per heavy atom. The molecule has 0 radical (unpaired) electrons. The summed E-state index contributed by atoms with van der Waals surface area (Å²) in [5.74, 6) is 0.212. The minimum atomic E-state index is -0.455. The topological polar surface area (TPSA) is 95.9 Å². The van der Waals surface area contributed by atoms with E-state index in [-0.39, 0.29) is 17.4 Å². The number of fused-ring (bicyclic) bond motifs is 1. The van der Waals surface area contributed by atoms with Crippen LogP contribution in [0.4, 0.5) is 11.6 Å². The maximum absolute atomic E-state index is 12.8. The van der Waals surface area contributed by atoms with Gasteiger partial charge in [0.25, 0.3) is 5.56 Å². The number of amides is 1. The van der Waals surface area contributed by atoms with Crippen molar-refractivity contribution < 1.29 is 4.79 Å². The van der Waals surface area contributed by atoms with E-state index >= 15 is 0 Å². The zero-order valence-corrected chi connectivity index (χ0v) is 15.4. The molecule has 0 spiro atoms. The predicted molar refractivity (Wildman–Crippen MR) is 110 cm³/mol. The molecule has 0 bridgehead atoms. The number of H-pyrrole nitrogens is 1. The lowest BCUT2D eigenvalue weighted by atomic mass is 10.2. The van der Waals surface area contributed by atoms with Crippen LogP contribution >= 0.6 is 0 Å². The highest BCUT2D eigenvalue weighted by molar-refractivity contribution is 6.00. The van der Waals surface area contributed by atoms with Crippen molar-refractivity contribution in [1.29, 1.82) is 0 Å². The molecule has 29 heavy (non-hydrogen) atoms. The van der Waals surface area contributed by atoms with Gasteiger partial charge < -0.3 is 10.2 Å². The maximum Gasteiger partial charge on any atom is 0.263 e. The van der Waals surface area contributed by atoms with Gasteiger partial charge in [-0.2, -0.15) is 10.1 Å². The van der Waals surface area contributed by atoms with E-state index in [0.717, 1.165) is 11.4 Å². The molecule has 5 rings (SSSR count). The van der Waals surface area contributed by atoms with E-state index in [0.29, 0.717) is 24.0 Å². The summed E-state index contributed by atoms with van der Waals surface area (Å²) in [5.41, 5.74) is 1.80. The van der Waals surface area contributed by atoms with Gasteiger partial charge in [-0.3, -0.25) is 14.6 Å². The van der Waals surface area contributed by atoms with Crippen LogP contribution in [0.15, 0.2) is 71.7 Å². The summed E-state index contributed by atoms with van der Waals surface area (Å²) in [4.78, 5) is 34.3. The molecular weight excluding hydrogens is 368 g/mol. The van der Waals surface area contributed by atoms with Gasteiger partial charge in [-0.1, -0.05) is 36.4 Å². The Kier molecular flexibility index (Phi) is 4.09. The van der Waals surface area contributed by atoms with E-state index in [9.17, 15) is 9.59 Å². The quantitative estimate of drug-likeness (QED) is 0.561. The third-order valence-electron chi connectivity index (χ3n) is 5.02. The number of carbonyl (C=O) groups excluding carboxylic acids is 1. The number of rotatable bonds is 4. The van der Waals surface area contributed by atoms with Crippen LogP contribution in [0.1, 0.15) is 6.42 Å². The van der Waals surface area contributed by atoms with Gasteiger partial charge in [0, 0.05) is 12.2 Å². The summed E-state index contributed by atoms with van der Waals surface area (Å²) < 4.78 is 1.61. The molecule has 2 aromatic heterocycles. The highest BCUT2D eigenvalue weighted by Gasteiger charge is 2.33.